The van der Waals surface area contributed by atoms with E-state index in [1.165, 1.54) is 0 Å². The number of hydrogen-bond donors (Lipinski definition) is 0. The predicted molar refractivity (Wildman–Crippen MR) is 95.1 cm³/mol. The van der Waals surface area contributed by atoms with Crippen LogP contribution in [0, 0.1) is 11.3 Å². The van der Waals surface area contributed by atoms with Crippen LogP contribution in [0.25, 0.3) is 0 Å². The molecular weight excluding hydrogens is 288 g/mol. The molecule has 2 amide bonds. The molecule has 1 saturated heterocycles. The van der Waals surface area contributed by atoms with Gasteiger partial charge in [0.05, 0.1) is 0 Å². The van der Waals surface area contributed by atoms with Gasteiger partial charge in [-0.3, -0.25) is 9.59 Å². The van der Waals surface area contributed by atoms with Gasteiger partial charge in [-0.15, -0.1) is 0 Å². The van der Waals surface area contributed by atoms with E-state index < -0.39 is 0 Å². The molecule has 134 valence electrons. The highest BCUT2D eigenvalue weighted by Crippen LogP contribution is 2.25. The SMILES string of the molecule is CCCCN(C(=O)C1CCN(C(=O)C(C)(C)C)CC1)C(C)CC. The number of nitrogens with zero attached hydrogens (tertiary/aromatic N) is 2. The third-order valence-corrected chi connectivity index (χ3v) is 4.93. The fourth-order valence-electron chi connectivity index (χ4n) is 3.14. The average Bonchev–Trinajstić information content (AvgIpc) is 2.53. The van der Waals surface area contributed by atoms with Crippen molar-refractivity contribution in [2.24, 2.45) is 11.3 Å². The van der Waals surface area contributed by atoms with Crippen molar-refractivity contribution in [3.8, 4) is 0 Å². The smallest absolute Gasteiger partial charge is 0.227 e. The Balaban J connectivity index is 2.63. The lowest BCUT2D eigenvalue weighted by Crippen LogP contribution is -2.49. The van der Waals surface area contributed by atoms with E-state index in [-0.39, 0.29) is 17.2 Å². The Bertz CT molecular complexity index is 393. The summed E-state index contributed by atoms with van der Waals surface area (Å²) in [7, 11) is 0. The molecule has 0 saturated carbocycles. The minimum Gasteiger partial charge on any atom is -0.342 e. The maximum absolute atomic E-state index is 12.9. The maximum Gasteiger partial charge on any atom is 0.227 e. The van der Waals surface area contributed by atoms with Crippen LogP contribution in [0.4, 0.5) is 0 Å². The third-order valence-electron chi connectivity index (χ3n) is 4.93. The summed E-state index contributed by atoms with van der Waals surface area (Å²) in [6, 6.07) is 0.309. The van der Waals surface area contributed by atoms with Gasteiger partial charge in [0.1, 0.15) is 0 Å². The van der Waals surface area contributed by atoms with Crippen molar-refractivity contribution in [3.63, 3.8) is 0 Å². The van der Waals surface area contributed by atoms with Gasteiger partial charge in [0.15, 0.2) is 0 Å². The van der Waals surface area contributed by atoms with Gasteiger partial charge < -0.3 is 9.80 Å². The van der Waals surface area contributed by atoms with Crippen molar-refractivity contribution in [2.45, 2.75) is 79.7 Å². The first-order valence-electron chi connectivity index (χ1n) is 9.32. The topological polar surface area (TPSA) is 40.6 Å². The van der Waals surface area contributed by atoms with Gasteiger partial charge in [-0.05, 0) is 32.6 Å². The van der Waals surface area contributed by atoms with Crippen molar-refractivity contribution < 1.29 is 9.59 Å². The molecule has 0 spiro atoms. The second kappa shape index (κ2) is 8.70. The van der Waals surface area contributed by atoms with Gasteiger partial charge in [0.25, 0.3) is 0 Å². The minimum absolute atomic E-state index is 0.0878. The first-order valence-corrected chi connectivity index (χ1v) is 9.32. The summed E-state index contributed by atoms with van der Waals surface area (Å²) in [4.78, 5) is 29.3. The van der Waals surface area contributed by atoms with E-state index >= 15 is 0 Å². The molecule has 1 rings (SSSR count). The molecule has 1 atom stereocenters. The molecule has 0 N–H and O–H groups in total. The van der Waals surface area contributed by atoms with Crippen LogP contribution in [0.2, 0.25) is 0 Å². The Morgan fingerprint density at radius 2 is 1.74 bits per heavy atom. The highest BCUT2D eigenvalue weighted by atomic mass is 16.2. The molecular formula is C19H36N2O2. The fraction of sp³-hybridized carbons (Fsp3) is 0.895. The molecule has 1 heterocycles. The van der Waals surface area contributed by atoms with Crippen molar-refractivity contribution in [1.29, 1.82) is 0 Å². The Morgan fingerprint density at radius 1 is 1.17 bits per heavy atom. The molecule has 0 bridgehead atoms. The molecule has 0 aliphatic carbocycles. The molecule has 23 heavy (non-hydrogen) atoms. The minimum atomic E-state index is -0.333. The Hall–Kier alpha value is -1.06. The Labute approximate surface area is 142 Å². The second-order valence-electron chi connectivity index (χ2n) is 7.96. The highest BCUT2D eigenvalue weighted by Gasteiger charge is 2.34. The lowest BCUT2D eigenvalue weighted by molar-refractivity contribution is -0.145. The van der Waals surface area contributed by atoms with Crippen LogP contribution in [-0.2, 0) is 9.59 Å². The Morgan fingerprint density at radius 3 is 2.17 bits per heavy atom. The summed E-state index contributed by atoms with van der Waals surface area (Å²) < 4.78 is 0. The quantitative estimate of drug-likeness (QED) is 0.747. The van der Waals surface area contributed by atoms with E-state index in [0.29, 0.717) is 25.0 Å². The average molecular weight is 325 g/mol. The number of hydrogen-bond acceptors (Lipinski definition) is 2. The van der Waals surface area contributed by atoms with Crippen LogP contribution < -0.4 is 0 Å². The van der Waals surface area contributed by atoms with Crippen LogP contribution in [0.5, 0.6) is 0 Å². The fourth-order valence-corrected chi connectivity index (χ4v) is 3.14. The first kappa shape index (κ1) is 20.0. The van der Waals surface area contributed by atoms with E-state index in [1.54, 1.807) is 0 Å². The molecule has 0 aromatic carbocycles. The summed E-state index contributed by atoms with van der Waals surface area (Å²) in [5.41, 5.74) is -0.333. The number of unbranched alkanes of at least 4 members (excludes halogenated alkanes) is 1. The summed E-state index contributed by atoms with van der Waals surface area (Å²) >= 11 is 0. The van der Waals surface area contributed by atoms with E-state index in [0.717, 1.165) is 38.6 Å². The largest absolute Gasteiger partial charge is 0.342 e. The summed E-state index contributed by atoms with van der Waals surface area (Å²) in [6.45, 7) is 14.6. The monoisotopic (exact) mass is 324 g/mol. The number of carbonyl (C=O) groups is 2. The van der Waals surface area contributed by atoms with E-state index in [9.17, 15) is 9.59 Å². The van der Waals surface area contributed by atoms with E-state index in [1.807, 2.05) is 25.7 Å². The van der Waals surface area contributed by atoms with Crippen LogP contribution in [0.1, 0.15) is 73.6 Å². The van der Waals surface area contributed by atoms with Gasteiger partial charge in [-0.1, -0.05) is 41.0 Å². The molecule has 0 aromatic heterocycles. The second-order valence-corrected chi connectivity index (χ2v) is 7.96. The van der Waals surface area contributed by atoms with E-state index in [2.05, 4.69) is 25.7 Å². The molecule has 0 aromatic rings. The normalized spacial score (nSPS) is 17.9. The van der Waals surface area contributed by atoms with Crippen LogP contribution in [0.15, 0.2) is 0 Å². The van der Waals surface area contributed by atoms with Gasteiger partial charge in [0.2, 0.25) is 11.8 Å². The van der Waals surface area contributed by atoms with Crippen molar-refractivity contribution in [3.05, 3.63) is 0 Å². The van der Waals surface area contributed by atoms with Crippen LogP contribution in [-0.4, -0.2) is 47.3 Å². The van der Waals surface area contributed by atoms with Gasteiger partial charge in [0, 0.05) is 37.0 Å². The van der Waals surface area contributed by atoms with Gasteiger partial charge >= 0.3 is 0 Å². The first-order chi connectivity index (χ1) is 10.7. The molecule has 1 aliphatic rings. The molecule has 4 nitrogen and oxygen atoms in total. The zero-order valence-corrected chi connectivity index (χ0v) is 16.0. The molecule has 1 aliphatic heterocycles. The summed E-state index contributed by atoms with van der Waals surface area (Å²) in [6.07, 6.45) is 4.78. The van der Waals surface area contributed by atoms with E-state index in [4.69, 9.17) is 0 Å². The lowest BCUT2D eigenvalue weighted by Gasteiger charge is -2.38. The molecule has 0 radical (unpaired) electrons. The number of likely N-dealkylation sites (tertiary alicyclic amines) is 1. The molecule has 1 fully saturated rings. The zero-order chi connectivity index (χ0) is 17.6. The number of carbonyl (C=O) groups excluding carboxylic acids is 2. The number of amides is 2. The lowest BCUT2D eigenvalue weighted by atomic mass is 9.90. The Kier molecular flexibility index (Phi) is 7.56. The van der Waals surface area contributed by atoms with Crippen LogP contribution >= 0.6 is 0 Å². The van der Waals surface area contributed by atoms with Crippen molar-refractivity contribution in [2.75, 3.05) is 19.6 Å². The maximum atomic E-state index is 12.9. The van der Waals surface area contributed by atoms with Gasteiger partial charge in [-0.2, -0.15) is 0 Å². The summed E-state index contributed by atoms with van der Waals surface area (Å²) in [5.74, 6) is 0.591. The molecule has 1 unspecified atom stereocenters. The summed E-state index contributed by atoms with van der Waals surface area (Å²) in [5, 5.41) is 0. The zero-order valence-electron chi connectivity index (χ0n) is 16.0. The number of piperidine rings is 1. The van der Waals surface area contributed by atoms with Gasteiger partial charge in [-0.25, -0.2) is 0 Å². The van der Waals surface area contributed by atoms with Crippen molar-refractivity contribution in [1.82, 2.24) is 9.80 Å². The highest BCUT2D eigenvalue weighted by molar-refractivity contribution is 5.83. The van der Waals surface area contributed by atoms with Crippen molar-refractivity contribution >= 4 is 11.8 Å². The number of rotatable bonds is 6. The third kappa shape index (κ3) is 5.50. The molecule has 4 heteroatoms. The predicted octanol–water partition coefficient (Wildman–Crippen LogP) is 3.70. The standard InChI is InChI=1S/C19H36N2O2/c1-7-9-12-21(15(3)8-2)17(22)16-10-13-20(14-11-16)18(23)19(4,5)6/h15-16H,7-14H2,1-6H3. The van der Waals surface area contributed by atoms with Crippen LogP contribution in [0.3, 0.4) is 0 Å².